The maximum absolute atomic E-state index is 13.1. The van der Waals surface area contributed by atoms with Crippen molar-refractivity contribution in [1.29, 1.82) is 0 Å². The van der Waals surface area contributed by atoms with E-state index in [1.54, 1.807) is 0 Å². The number of aromatic nitrogens is 2. The molecule has 35 heavy (non-hydrogen) atoms. The summed E-state index contributed by atoms with van der Waals surface area (Å²) < 4.78 is 45.2. The molecule has 2 aliphatic heterocycles. The first-order valence-electron chi connectivity index (χ1n) is 12.2. The second-order valence-corrected chi connectivity index (χ2v) is 9.67. The number of alkyl halides is 3. The number of hydrogen-bond donors (Lipinski definition) is 2. The number of halogens is 3. The molecule has 7 nitrogen and oxygen atoms in total. The van der Waals surface area contributed by atoms with E-state index in [1.807, 2.05) is 0 Å². The van der Waals surface area contributed by atoms with Crippen molar-refractivity contribution in [2.24, 2.45) is 5.92 Å². The number of hydrogen-bond acceptors (Lipinski definition) is 6. The fourth-order valence-electron chi connectivity index (χ4n) is 5.43. The van der Waals surface area contributed by atoms with Gasteiger partial charge in [-0.05, 0) is 56.2 Å². The molecule has 1 aromatic carbocycles. The zero-order valence-electron chi connectivity index (χ0n) is 19.4. The first-order valence-corrected chi connectivity index (χ1v) is 12.2. The molecule has 1 saturated carbocycles. The van der Waals surface area contributed by atoms with Crippen LogP contribution in [-0.4, -0.2) is 65.2 Å². The molecule has 188 valence electrons. The van der Waals surface area contributed by atoms with Crippen LogP contribution >= 0.6 is 0 Å². The average molecular weight is 490 g/mol. The van der Waals surface area contributed by atoms with Gasteiger partial charge in [0.15, 0.2) is 0 Å². The van der Waals surface area contributed by atoms with Gasteiger partial charge in [-0.15, -0.1) is 0 Å². The third-order valence-corrected chi connectivity index (χ3v) is 7.38. The standard InChI is InChI=1S/C25H30F3N5O2/c26-25(27,28)17-6-9-21-20(11-17)24(31-15-30-21)29-12-23(34)32-18-13-33(14-18)19-7-4-16(5-8-19)22-3-1-2-10-35-22/h1-2,6,9,11,15-16,18-19,22H,3-5,7-8,10,12-14H2,(H,32,34)(H,29,30,31)/t16-,19-,22?. The van der Waals surface area contributed by atoms with Gasteiger partial charge in [0.1, 0.15) is 12.1 Å². The molecule has 2 N–H and O–H groups in total. The van der Waals surface area contributed by atoms with Crippen molar-refractivity contribution in [3.8, 4) is 0 Å². The fraction of sp³-hybridized carbons (Fsp3) is 0.560. The molecule has 1 aromatic heterocycles. The molecule has 0 spiro atoms. The van der Waals surface area contributed by atoms with Crippen LogP contribution in [0.4, 0.5) is 19.0 Å². The molecule has 1 saturated heterocycles. The first kappa shape index (κ1) is 24.0. The highest BCUT2D eigenvalue weighted by Gasteiger charge is 2.37. The third kappa shape index (κ3) is 5.59. The van der Waals surface area contributed by atoms with Crippen LogP contribution in [0.5, 0.6) is 0 Å². The molecular formula is C25H30F3N5O2. The van der Waals surface area contributed by atoms with Gasteiger partial charge in [-0.1, -0.05) is 12.2 Å². The molecule has 2 fully saturated rings. The van der Waals surface area contributed by atoms with Crippen molar-refractivity contribution in [1.82, 2.24) is 20.2 Å². The number of likely N-dealkylation sites (tertiary alicyclic amines) is 1. The van der Waals surface area contributed by atoms with Crippen molar-refractivity contribution in [2.75, 3.05) is 31.6 Å². The van der Waals surface area contributed by atoms with E-state index >= 15 is 0 Å². The summed E-state index contributed by atoms with van der Waals surface area (Å²) in [6.07, 6.45) is 7.21. The minimum atomic E-state index is -4.46. The van der Waals surface area contributed by atoms with Crippen LogP contribution in [0.1, 0.15) is 37.7 Å². The van der Waals surface area contributed by atoms with Crippen LogP contribution in [0.25, 0.3) is 10.9 Å². The quantitative estimate of drug-likeness (QED) is 0.602. The highest BCUT2D eigenvalue weighted by molar-refractivity contribution is 5.91. The minimum Gasteiger partial charge on any atom is -0.374 e. The Morgan fingerprint density at radius 3 is 2.63 bits per heavy atom. The van der Waals surface area contributed by atoms with Gasteiger partial charge in [0, 0.05) is 24.5 Å². The van der Waals surface area contributed by atoms with Crippen molar-refractivity contribution in [2.45, 2.75) is 56.5 Å². The highest BCUT2D eigenvalue weighted by Crippen LogP contribution is 2.35. The van der Waals surface area contributed by atoms with Gasteiger partial charge in [-0.25, -0.2) is 9.97 Å². The lowest BCUT2D eigenvalue weighted by atomic mass is 9.80. The number of fused-ring (bicyclic) bond motifs is 1. The van der Waals surface area contributed by atoms with Crippen LogP contribution in [0.3, 0.4) is 0 Å². The number of carbonyl (C=O) groups excluding carboxylic acids is 1. The van der Waals surface area contributed by atoms with E-state index in [-0.39, 0.29) is 29.7 Å². The Labute approximate surface area is 202 Å². The van der Waals surface area contributed by atoms with Crippen molar-refractivity contribution >= 4 is 22.6 Å². The van der Waals surface area contributed by atoms with Gasteiger partial charge in [-0.2, -0.15) is 13.2 Å². The Morgan fingerprint density at radius 1 is 1.11 bits per heavy atom. The van der Waals surface area contributed by atoms with Crippen LogP contribution in [0.15, 0.2) is 36.7 Å². The Bertz CT molecular complexity index is 1080. The molecule has 1 atom stereocenters. The smallest absolute Gasteiger partial charge is 0.374 e. The maximum Gasteiger partial charge on any atom is 0.416 e. The molecular weight excluding hydrogens is 459 g/mol. The van der Waals surface area contributed by atoms with Gasteiger partial charge < -0.3 is 15.4 Å². The molecule has 5 rings (SSSR count). The Hall–Kier alpha value is -2.72. The largest absolute Gasteiger partial charge is 0.416 e. The maximum atomic E-state index is 13.1. The number of nitrogens with one attached hydrogen (secondary N) is 2. The zero-order valence-corrected chi connectivity index (χ0v) is 19.4. The molecule has 2 aromatic rings. The summed E-state index contributed by atoms with van der Waals surface area (Å²) in [5, 5.41) is 6.11. The number of nitrogens with zero attached hydrogens (tertiary/aromatic N) is 3. The molecule has 3 aliphatic rings. The summed E-state index contributed by atoms with van der Waals surface area (Å²) in [5.74, 6) is 0.643. The first-order chi connectivity index (χ1) is 16.9. The number of benzene rings is 1. The van der Waals surface area contributed by atoms with Gasteiger partial charge in [0.2, 0.25) is 5.91 Å². The summed E-state index contributed by atoms with van der Waals surface area (Å²) in [6.45, 7) is 2.32. The second kappa shape index (κ2) is 10.1. The van der Waals surface area contributed by atoms with E-state index in [1.165, 1.54) is 25.2 Å². The number of carbonyl (C=O) groups is 1. The van der Waals surface area contributed by atoms with Crippen LogP contribution < -0.4 is 10.6 Å². The topological polar surface area (TPSA) is 79.4 Å². The van der Waals surface area contributed by atoms with Gasteiger partial charge in [-0.3, -0.25) is 9.69 Å². The molecule has 1 amide bonds. The zero-order chi connectivity index (χ0) is 24.4. The number of anilines is 1. The Balaban J connectivity index is 1.07. The SMILES string of the molecule is O=C(CNc1ncnc2ccc(C(F)(F)F)cc12)NC1CN([C@H]2CC[C@H](C3CC=CCO3)CC2)C1. The van der Waals surface area contributed by atoms with Crippen molar-refractivity contribution < 1.29 is 22.7 Å². The second-order valence-electron chi connectivity index (χ2n) is 9.67. The summed E-state index contributed by atoms with van der Waals surface area (Å²) in [4.78, 5) is 22.9. The Morgan fingerprint density at radius 2 is 1.91 bits per heavy atom. The van der Waals surface area contributed by atoms with Gasteiger partial charge in [0.25, 0.3) is 0 Å². The van der Waals surface area contributed by atoms with Crippen molar-refractivity contribution in [3.05, 3.63) is 42.2 Å². The van der Waals surface area contributed by atoms with Crippen LogP contribution in [0, 0.1) is 5.92 Å². The molecule has 0 radical (unpaired) electrons. The number of rotatable bonds is 6. The predicted octanol–water partition coefficient (Wildman–Crippen LogP) is 3.76. The predicted molar refractivity (Wildman–Crippen MR) is 126 cm³/mol. The fourth-order valence-corrected chi connectivity index (χ4v) is 5.43. The third-order valence-electron chi connectivity index (χ3n) is 7.38. The molecule has 3 heterocycles. The lowest BCUT2D eigenvalue weighted by Crippen LogP contribution is -2.63. The lowest BCUT2D eigenvalue weighted by Gasteiger charge is -2.47. The molecule has 10 heteroatoms. The minimum absolute atomic E-state index is 0.0696. The van der Waals surface area contributed by atoms with Crippen molar-refractivity contribution in [3.63, 3.8) is 0 Å². The van der Waals surface area contributed by atoms with Gasteiger partial charge >= 0.3 is 6.18 Å². The van der Waals surface area contributed by atoms with Gasteiger partial charge in [0.05, 0.1) is 36.4 Å². The molecule has 1 unspecified atom stereocenters. The van der Waals surface area contributed by atoms with Crippen LogP contribution in [0.2, 0.25) is 0 Å². The van der Waals surface area contributed by atoms with E-state index in [4.69, 9.17) is 4.74 Å². The summed E-state index contributed by atoms with van der Waals surface area (Å²) in [5.41, 5.74) is -0.397. The summed E-state index contributed by atoms with van der Waals surface area (Å²) >= 11 is 0. The Kier molecular flexibility index (Phi) is 6.93. The van der Waals surface area contributed by atoms with E-state index in [0.29, 0.717) is 23.6 Å². The molecule has 0 bridgehead atoms. The monoisotopic (exact) mass is 489 g/mol. The van der Waals surface area contributed by atoms with Crippen LogP contribution in [-0.2, 0) is 15.7 Å². The van der Waals surface area contributed by atoms with E-state index in [2.05, 4.69) is 37.7 Å². The number of amides is 1. The average Bonchev–Trinajstić information content (AvgIpc) is 2.84. The van der Waals surface area contributed by atoms with E-state index < -0.39 is 11.7 Å². The lowest BCUT2D eigenvalue weighted by molar-refractivity contribution is -0.137. The van der Waals surface area contributed by atoms with E-state index in [9.17, 15) is 18.0 Å². The highest BCUT2D eigenvalue weighted by atomic mass is 19.4. The summed E-state index contributed by atoms with van der Waals surface area (Å²) in [6, 6.07) is 3.95. The normalized spacial score (nSPS) is 25.9. The molecule has 1 aliphatic carbocycles. The summed E-state index contributed by atoms with van der Waals surface area (Å²) in [7, 11) is 0. The number of ether oxygens (including phenoxy) is 1. The van der Waals surface area contributed by atoms with E-state index in [0.717, 1.165) is 51.1 Å².